The number of nitrogen functional groups attached to an aromatic ring is 1. The molecule has 0 atom stereocenters. The van der Waals surface area contributed by atoms with Gasteiger partial charge in [0.25, 0.3) is 5.56 Å². The van der Waals surface area contributed by atoms with Crippen LogP contribution in [0.1, 0.15) is 5.56 Å². The van der Waals surface area contributed by atoms with Crippen molar-refractivity contribution in [2.75, 3.05) is 5.73 Å². The van der Waals surface area contributed by atoms with Crippen molar-refractivity contribution >= 4 is 38.4 Å². The lowest BCUT2D eigenvalue weighted by Gasteiger charge is -2.14. The van der Waals surface area contributed by atoms with Crippen molar-refractivity contribution in [2.24, 2.45) is 0 Å². The van der Waals surface area contributed by atoms with E-state index in [1.807, 2.05) is 13.0 Å². The van der Waals surface area contributed by atoms with Gasteiger partial charge in [0.05, 0.1) is 17.2 Å². The molecule has 2 aromatic carbocycles. The zero-order valence-corrected chi connectivity index (χ0v) is 14.6. The lowest BCUT2D eigenvalue weighted by Crippen LogP contribution is -2.14. The first-order valence-electron chi connectivity index (χ1n) is 8.48. The Labute approximate surface area is 156 Å². The number of nitrogens with two attached hydrogens (primary N) is 1. The second-order valence-electron chi connectivity index (χ2n) is 6.63. The van der Waals surface area contributed by atoms with E-state index in [0.717, 1.165) is 17.1 Å². The molecule has 0 saturated carbocycles. The second-order valence-corrected chi connectivity index (χ2v) is 6.63. The highest BCUT2D eigenvalue weighted by Crippen LogP contribution is 2.40. The van der Waals surface area contributed by atoms with Crippen LogP contribution in [0.4, 0.5) is 14.5 Å². The number of hydrogen-bond donors (Lipinski definition) is 3. The molecule has 0 radical (unpaired) electrons. The van der Waals surface area contributed by atoms with E-state index in [9.17, 15) is 13.6 Å². The van der Waals surface area contributed by atoms with E-state index in [-0.39, 0.29) is 27.7 Å². The van der Waals surface area contributed by atoms with Gasteiger partial charge in [-0.25, -0.2) is 8.78 Å². The molecule has 0 saturated heterocycles. The highest BCUT2D eigenvalue weighted by atomic mass is 19.1. The Bertz CT molecular complexity index is 1490. The molecule has 0 aliphatic rings. The smallest absolute Gasteiger partial charge is 0.272 e. The predicted molar refractivity (Wildman–Crippen MR) is 104 cm³/mol. The summed E-state index contributed by atoms with van der Waals surface area (Å²) in [5.41, 5.74) is 7.70. The van der Waals surface area contributed by atoms with E-state index in [4.69, 9.17) is 5.73 Å². The molecule has 0 fully saturated rings. The molecule has 6 nitrogen and oxygen atoms in total. The molecule has 3 aromatic heterocycles. The molecule has 8 heteroatoms. The molecular weight excluding hydrogens is 364 g/mol. The number of aryl methyl sites for hydroxylation is 1. The van der Waals surface area contributed by atoms with E-state index in [2.05, 4.69) is 20.2 Å². The number of hydrogen-bond acceptors (Lipinski definition) is 4. The number of nitrogens with zero attached hydrogens (tertiary/aromatic N) is 2. The van der Waals surface area contributed by atoms with Gasteiger partial charge in [0.1, 0.15) is 17.0 Å². The third-order valence-corrected chi connectivity index (χ3v) is 4.99. The molecule has 0 spiro atoms. The van der Waals surface area contributed by atoms with Crippen molar-refractivity contribution in [3.8, 4) is 11.1 Å². The Kier molecular flexibility index (Phi) is 3.27. The van der Waals surface area contributed by atoms with Gasteiger partial charge in [0.15, 0.2) is 5.82 Å². The van der Waals surface area contributed by atoms with E-state index >= 15 is 0 Å². The largest absolute Gasteiger partial charge is 0.394 e. The number of halogens is 2. The molecule has 5 rings (SSSR count). The monoisotopic (exact) mass is 377 g/mol. The minimum Gasteiger partial charge on any atom is -0.394 e. The molecule has 0 aliphatic heterocycles. The lowest BCUT2D eigenvalue weighted by atomic mass is 9.93. The summed E-state index contributed by atoms with van der Waals surface area (Å²) in [6.07, 6.45) is 2.98. The molecule has 0 bridgehead atoms. The Hall–Kier alpha value is -3.81. The quantitative estimate of drug-likeness (QED) is 0.387. The molecule has 28 heavy (non-hydrogen) atoms. The fraction of sp³-hybridized carbons (Fsp3) is 0.0500. The molecule has 4 N–H and O–H groups in total. The number of aromatic amines is 2. The average molecular weight is 377 g/mol. The van der Waals surface area contributed by atoms with Gasteiger partial charge in [-0.3, -0.25) is 14.9 Å². The normalized spacial score (nSPS) is 11.7. The number of fused-ring (bicyclic) bond motifs is 4. The Morgan fingerprint density at radius 1 is 1.04 bits per heavy atom. The van der Waals surface area contributed by atoms with Crippen LogP contribution in [0.15, 0.2) is 41.5 Å². The van der Waals surface area contributed by atoms with E-state index in [0.29, 0.717) is 16.3 Å². The first-order valence-corrected chi connectivity index (χ1v) is 8.48. The molecule has 138 valence electrons. The number of rotatable bonds is 1. The fourth-order valence-corrected chi connectivity index (χ4v) is 3.76. The number of pyridine rings is 2. The Balaban J connectivity index is 2.06. The van der Waals surface area contributed by atoms with Gasteiger partial charge in [-0.2, -0.15) is 5.10 Å². The molecule has 3 heterocycles. The summed E-state index contributed by atoms with van der Waals surface area (Å²) < 4.78 is 29.1. The minimum atomic E-state index is -0.825. The summed E-state index contributed by atoms with van der Waals surface area (Å²) in [6, 6.07) is 6.13. The first-order chi connectivity index (χ1) is 13.5. The Morgan fingerprint density at radius 2 is 1.86 bits per heavy atom. The zero-order valence-electron chi connectivity index (χ0n) is 14.6. The van der Waals surface area contributed by atoms with Crippen molar-refractivity contribution in [1.29, 1.82) is 0 Å². The van der Waals surface area contributed by atoms with Crippen molar-refractivity contribution in [3.05, 3.63) is 64.2 Å². The van der Waals surface area contributed by atoms with Crippen LogP contribution in [-0.4, -0.2) is 20.2 Å². The van der Waals surface area contributed by atoms with Gasteiger partial charge in [0.2, 0.25) is 0 Å². The van der Waals surface area contributed by atoms with Crippen LogP contribution < -0.4 is 11.3 Å². The highest BCUT2D eigenvalue weighted by Gasteiger charge is 2.22. The summed E-state index contributed by atoms with van der Waals surface area (Å²) in [7, 11) is 0. The standard InChI is InChI=1S/C20H13F2N5O/c1-8-5-10-15(14-11-7-25-27-19(11)13(22)6-12(14)21)16(23)20(28)26-18(10)9-3-2-4-24-17(8)9/h2-7H,23H2,1H3,(H,25,27)(H,26,28). The number of aromatic nitrogens is 4. The van der Waals surface area contributed by atoms with Crippen molar-refractivity contribution in [3.63, 3.8) is 0 Å². The number of H-pyrrole nitrogens is 2. The van der Waals surface area contributed by atoms with Crippen LogP contribution in [0.25, 0.3) is 43.8 Å². The maximum absolute atomic E-state index is 14.9. The van der Waals surface area contributed by atoms with Crippen LogP contribution in [0.5, 0.6) is 0 Å². The third kappa shape index (κ3) is 2.08. The van der Waals surface area contributed by atoms with Gasteiger partial charge in [-0.1, -0.05) is 0 Å². The molecule has 0 aliphatic carbocycles. The van der Waals surface area contributed by atoms with Crippen LogP contribution >= 0.6 is 0 Å². The van der Waals surface area contributed by atoms with Crippen LogP contribution in [0.3, 0.4) is 0 Å². The maximum Gasteiger partial charge on any atom is 0.272 e. The molecular formula is C20H13F2N5O. The summed E-state index contributed by atoms with van der Waals surface area (Å²) in [6.45, 7) is 1.87. The van der Waals surface area contributed by atoms with E-state index in [1.54, 1.807) is 18.3 Å². The second kappa shape index (κ2) is 5.59. The van der Waals surface area contributed by atoms with Crippen LogP contribution in [0.2, 0.25) is 0 Å². The summed E-state index contributed by atoms with van der Waals surface area (Å²) >= 11 is 0. The first kappa shape index (κ1) is 16.4. The fourth-order valence-electron chi connectivity index (χ4n) is 3.76. The van der Waals surface area contributed by atoms with Gasteiger partial charge < -0.3 is 10.7 Å². The van der Waals surface area contributed by atoms with Gasteiger partial charge >= 0.3 is 0 Å². The van der Waals surface area contributed by atoms with Gasteiger partial charge in [0, 0.05) is 39.5 Å². The Morgan fingerprint density at radius 3 is 2.68 bits per heavy atom. The van der Waals surface area contributed by atoms with Gasteiger partial charge in [-0.15, -0.1) is 0 Å². The number of nitrogens with one attached hydrogen (secondary N) is 2. The molecule has 0 unspecified atom stereocenters. The molecule has 0 amide bonds. The third-order valence-electron chi connectivity index (χ3n) is 4.99. The van der Waals surface area contributed by atoms with Crippen molar-refractivity contribution < 1.29 is 8.78 Å². The van der Waals surface area contributed by atoms with Crippen molar-refractivity contribution in [2.45, 2.75) is 6.92 Å². The van der Waals surface area contributed by atoms with Crippen LogP contribution in [-0.2, 0) is 0 Å². The number of benzene rings is 2. The van der Waals surface area contributed by atoms with Crippen molar-refractivity contribution in [1.82, 2.24) is 20.2 Å². The SMILES string of the molecule is Cc1cc2c(-c3c(F)cc(F)c4[nH]ncc34)c(N)c(=O)[nH]c2c2cccnc12. The summed E-state index contributed by atoms with van der Waals surface area (Å²) in [5, 5.41) is 7.80. The lowest BCUT2D eigenvalue weighted by molar-refractivity contribution is 0.593. The zero-order chi connectivity index (χ0) is 19.6. The summed E-state index contributed by atoms with van der Waals surface area (Å²) in [5.74, 6) is -1.60. The van der Waals surface area contributed by atoms with E-state index < -0.39 is 17.2 Å². The number of anilines is 1. The van der Waals surface area contributed by atoms with Gasteiger partial charge in [-0.05, 0) is 30.7 Å². The predicted octanol–water partition coefficient (Wildman–Crippen LogP) is 3.79. The summed E-state index contributed by atoms with van der Waals surface area (Å²) in [4.78, 5) is 19.7. The maximum atomic E-state index is 14.9. The highest BCUT2D eigenvalue weighted by molar-refractivity contribution is 6.15. The topological polar surface area (TPSA) is 100 Å². The molecule has 5 aromatic rings. The average Bonchev–Trinajstić information content (AvgIpc) is 3.16. The van der Waals surface area contributed by atoms with E-state index in [1.165, 1.54) is 6.20 Å². The minimum absolute atomic E-state index is 0.0291. The van der Waals surface area contributed by atoms with Crippen LogP contribution in [0, 0.1) is 18.6 Å².